The zero-order valence-electron chi connectivity index (χ0n) is 11.9. The zero-order chi connectivity index (χ0) is 15.4. The normalized spacial score (nSPS) is 17.2. The highest BCUT2D eigenvalue weighted by Crippen LogP contribution is 2.32. The second-order valence-electron chi connectivity index (χ2n) is 4.55. The van der Waals surface area contributed by atoms with Crippen molar-refractivity contribution in [2.24, 2.45) is 5.10 Å². The van der Waals surface area contributed by atoms with E-state index in [1.54, 1.807) is 42.6 Å². The van der Waals surface area contributed by atoms with Crippen molar-refractivity contribution >= 4 is 17.8 Å². The van der Waals surface area contributed by atoms with Crippen molar-refractivity contribution in [1.29, 1.82) is 0 Å². The van der Waals surface area contributed by atoms with E-state index in [2.05, 4.69) is 15.5 Å². The third kappa shape index (κ3) is 2.77. The molecule has 1 aliphatic rings. The summed E-state index contributed by atoms with van der Waals surface area (Å²) >= 11 is 0. The standard InChI is InChI=1S/C16H15N3O3/c1-21-16-12(10-18-19-14-8-4-5-9-17-14)15(20)11-6-2-3-7-13(11)22-16/h2-10,16,20H,1H3,(H,17,19)/p-1/b18-10+. The summed E-state index contributed by atoms with van der Waals surface area (Å²) in [6.07, 6.45) is 2.27. The minimum atomic E-state index is -0.781. The number of hydrazone groups is 1. The van der Waals surface area contributed by atoms with Crippen LogP contribution in [0.1, 0.15) is 5.56 Å². The predicted molar refractivity (Wildman–Crippen MR) is 81.1 cm³/mol. The first-order valence-electron chi connectivity index (χ1n) is 6.69. The number of hydrogen-bond acceptors (Lipinski definition) is 6. The first-order valence-corrected chi connectivity index (χ1v) is 6.69. The molecule has 1 unspecified atom stereocenters. The maximum atomic E-state index is 12.5. The number of fused-ring (bicyclic) bond motifs is 1. The third-order valence-corrected chi connectivity index (χ3v) is 3.14. The van der Waals surface area contributed by atoms with Crippen LogP contribution in [0.2, 0.25) is 0 Å². The lowest BCUT2D eigenvalue weighted by Crippen LogP contribution is -2.30. The average Bonchev–Trinajstić information content (AvgIpc) is 2.57. The summed E-state index contributed by atoms with van der Waals surface area (Å²) in [5.41, 5.74) is 3.57. The van der Waals surface area contributed by atoms with Crippen LogP contribution < -0.4 is 15.3 Å². The molecule has 6 nitrogen and oxygen atoms in total. The Labute approximate surface area is 127 Å². The SMILES string of the molecule is COC1Oc2ccccc2C([O-])=C1/C=N/Nc1ccccn1. The van der Waals surface area contributed by atoms with Gasteiger partial charge in [-0.25, -0.2) is 4.98 Å². The molecular weight excluding hydrogens is 282 g/mol. The Morgan fingerprint density at radius 1 is 1.27 bits per heavy atom. The van der Waals surface area contributed by atoms with Crippen LogP contribution in [0.15, 0.2) is 59.3 Å². The van der Waals surface area contributed by atoms with Gasteiger partial charge < -0.3 is 14.6 Å². The van der Waals surface area contributed by atoms with Gasteiger partial charge in [0.1, 0.15) is 11.6 Å². The Balaban J connectivity index is 1.87. The van der Waals surface area contributed by atoms with Gasteiger partial charge in [-0.15, -0.1) is 0 Å². The molecular formula is C16H14N3O3-. The number of benzene rings is 1. The van der Waals surface area contributed by atoms with E-state index < -0.39 is 6.29 Å². The fraction of sp³-hybridized carbons (Fsp3) is 0.125. The monoisotopic (exact) mass is 296 g/mol. The van der Waals surface area contributed by atoms with Crippen LogP contribution in [0.4, 0.5) is 5.82 Å². The molecule has 0 bridgehead atoms. The molecule has 22 heavy (non-hydrogen) atoms. The van der Waals surface area contributed by atoms with Crippen molar-refractivity contribution in [2.45, 2.75) is 6.29 Å². The smallest absolute Gasteiger partial charge is 0.227 e. The largest absolute Gasteiger partial charge is 0.872 e. The summed E-state index contributed by atoms with van der Waals surface area (Å²) in [6.45, 7) is 0. The molecule has 1 aromatic heterocycles. The van der Waals surface area contributed by atoms with Crippen LogP contribution in [-0.4, -0.2) is 24.6 Å². The lowest BCUT2D eigenvalue weighted by atomic mass is 10.0. The van der Waals surface area contributed by atoms with E-state index in [4.69, 9.17) is 9.47 Å². The molecule has 0 radical (unpaired) electrons. The minimum Gasteiger partial charge on any atom is -0.872 e. The van der Waals surface area contributed by atoms with Crippen LogP contribution in [0.3, 0.4) is 0 Å². The topological polar surface area (TPSA) is 78.8 Å². The van der Waals surface area contributed by atoms with Gasteiger partial charge in [0, 0.05) is 24.4 Å². The number of methoxy groups -OCH3 is 1. The molecule has 2 heterocycles. The summed E-state index contributed by atoms with van der Waals surface area (Å²) in [7, 11) is 1.48. The fourth-order valence-corrected chi connectivity index (χ4v) is 2.09. The molecule has 6 heteroatoms. The fourth-order valence-electron chi connectivity index (χ4n) is 2.09. The lowest BCUT2D eigenvalue weighted by molar-refractivity contribution is -0.247. The number of nitrogens with zero attached hydrogens (tertiary/aromatic N) is 2. The van der Waals surface area contributed by atoms with Gasteiger partial charge in [0.15, 0.2) is 0 Å². The van der Waals surface area contributed by atoms with Gasteiger partial charge in [-0.2, -0.15) is 5.10 Å². The van der Waals surface area contributed by atoms with E-state index in [1.165, 1.54) is 13.3 Å². The van der Waals surface area contributed by atoms with Crippen molar-refractivity contribution in [3.05, 3.63) is 59.8 Å². The summed E-state index contributed by atoms with van der Waals surface area (Å²) in [4.78, 5) is 4.07. The number of anilines is 1. The first-order chi connectivity index (χ1) is 10.8. The molecule has 1 N–H and O–H groups in total. The molecule has 0 saturated heterocycles. The maximum absolute atomic E-state index is 12.5. The van der Waals surface area contributed by atoms with E-state index >= 15 is 0 Å². The summed E-state index contributed by atoms with van der Waals surface area (Å²) in [5, 5.41) is 16.5. The number of nitrogens with one attached hydrogen (secondary N) is 1. The van der Waals surface area contributed by atoms with Crippen LogP contribution in [0.25, 0.3) is 5.76 Å². The molecule has 0 spiro atoms. The van der Waals surface area contributed by atoms with E-state index in [0.717, 1.165) is 0 Å². The number of ether oxygens (including phenoxy) is 2. The number of rotatable bonds is 4. The van der Waals surface area contributed by atoms with Crippen molar-refractivity contribution in [1.82, 2.24) is 4.98 Å². The number of aromatic nitrogens is 1. The summed E-state index contributed by atoms with van der Waals surface area (Å²) in [6, 6.07) is 12.4. The van der Waals surface area contributed by atoms with Crippen molar-refractivity contribution in [3.63, 3.8) is 0 Å². The highest BCUT2D eigenvalue weighted by molar-refractivity contribution is 5.91. The maximum Gasteiger partial charge on any atom is 0.227 e. The van der Waals surface area contributed by atoms with E-state index in [-0.39, 0.29) is 5.76 Å². The summed E-state index contributed by atoms with van der Waals surface area (Å²) in [5.74, 6) is 0.923. The molecule has 112 valence electrons. The molecule has 2 aromatic rings. The van der Waals surface area contributed by atoms with Gasteiger partial charge >= 0.3 is 0 Å². The highest BCUT2D eigenvalue weighted by Gasteiger charge is 2.22. The molecule has 1 aliphatic heterocycles. The van der Waals surface area contributed by atoms with Crippen LogP contribution in [0, 0.1) is 0 Å². The number of pyridine rings is 1. The molecule has 0 fully saturated rings. The second kappa shape index (κ2) is 6.28. The molecule has 1 atom stereocenters. The highest BCUT2D eigenvalue weighted by atomic mass is 16.7. The van der Waals surface area contributed by atoms with Crippen molar-refractivity contribution in [2.75, 3.05) is 12.5 Å². The van der Waals surface area contributed by atoms with Gasteiger partial charge in [0.05, 0.1) is 6.21 Å². The average molecular weight is 296 g/mol. The third-order valence-electron chi connectivity index (χ3n) is 3.14. The van der Waals surface area contributed by atoms with E-state index in [1.807, 2.05) is 6.07 Å². The van der Waals surface area contributed by atoms with Crippen LogP contribution >= 0.6 is 0 Å². The van der Waals surface area contributed by atoms with Crippen LogP contribution in [0.5, 0.6) is 5.75 Å². The minimum absolute atomic E-state index is 0.166. The Morgan fingerprint density at radius 2 is 2.09 bits per heavy atom. The quantitative estimate of drug-likeness (QED) is 0.685. The molecule has 1 aromatic carbocycles. The van der Waals surface area contributed by atoms with Gasteiger partial charge in [0.25, 0.3) is 0 Å². The Bertz CT molecular complexity index is 714. The molecule has 0 saturated carbocycles. The number of para-hydroxylation sites is 1. The second-order valence-corrected chi connectivity index (χ2v) is 4.55. The van der Waals surface area contributed by atoms with Crippen molar-refractivity contribution < 1.29 is 14.6 Å². The zero-order valence-corrected chi connectivity index (χ0v) is 11.9. The molecule has 0 amide bonds. The molecule has 0 aliphatic carbocycles. The van der Waals surface area contributed by atoms with Gasteiger partial charge in [-0.05, 0) is 18.2 Å². The Kier molecular flexibility index (Phi) is 4.02. The number of hydrogen-bond donors (Lipinski definition) is 1. The van der Waals surface area contributed by atoms with Gasteiger partial charge in [-0.1, -0.05) is 30.0 Å². The van der Waals surface area contributed by atoms with Crippen molar-refractivity contribution in [3.8, 4) is 5.75 Å². The lowest BCUT2D eigenvalue weighted by Gasteiger charge is -2.31. The van der Waals surface area contributed by atoms with Crippen LogP contribution in [-0.2, 0) is 4.74 Å². The molecule has 3 rings (SSSR count). The first kappa shape index (κ1) is 14.1. The van der Waals surface area contributed by atoms with E-state index in [0.29, 0.717) is 22.7 Å². The van der Waals surface area contributed by atoms with Gasteiger partial charge in [-0.3, -0.25) is 5.43 Å². The van der Waals surface area contributed by atoms with E-state index in [9.17, 15) is 5.11 Å². The predicted octanol–water partition coefficient (Wildman–Crippen LogP) is 1.62. The van der Waals surface area contributed by atoms with Gasteiger partial charge in [0.2, 0.25) is 6.29 Å². The Morgan fingerprint density at radius 3 is 2.86 bits per heavy atom. The summed E-state index contributed by atoms with van der Waals surface area (Å²) < 4.78 is 10.9. The Hall–Kier alpha value is -2.86.